The lowest BCUT2D eigenvalue weighted by molar-refractivity contribution is -0.128. The van der Waals surface area contributed by atoms with Crippen LogP contribution in [0.25, 0.3) is 0 Å². The lowest BCUT2D eigenvalue weighted by atomic mass is 9.60. The highest BCUT2D eigenvalue weighted by Crippen LogP contribution is 2.66. The summed E-state index contributed by atoms with van der Waals surface area (Å²) in [6.45, 7) is 0.633. The van der Waals surface area contributed by atoms with Gasteiger partial charge in [-0.1, -0.05) is 48.0 Å². The topological polar surface area (TPSA) is 78.5 Å². The zero-order valence-electron chi connectivity index (χ0n) is 18.8. The predicted molar refractivity (Wildman–Crippen MR) is 132 cm³/mol. The van der Waals surface area contributed by atoms with E-state index in [4.69, 9.17) is 11.6 Å². The van der Waals surface area contributed by atoms with E-state index in [2.05, 4.69) is 15.5 Å². The fourth-order valence-electron chi connectivity index (χ4n) is 7.28. The van der Waals surface area contributed by atoms with Gasteiger partial charge >= 0.3 is 0 Å². The smallest absolute Gasteiger partial charge is 0.250 e. The molecule has 174 valence electrons. The minimum Gasteiger partial charge on any atom is -0.325 e. The SMILES string of the molecule is O=C(c1ccc(Cl)cc1)C1C2(C(=O)Nc3ccccc32)C2CCCN2C12C(=O)Nc1ccccc12. The summed E-state index contributed by atoms with van der Waals surface area (Å²) in [5, 5.41) is 6.63. The molecular weight excluding hydrogens is 462 g/mol. The van der Waals surface area contributed by atoms with Gasteiger partial charge < -0.3 is 10.6 Å². The molecule has 3 aromatic rings. The van der Waals surface area contributed by atoms with Crippen molar-refractivity contribution in [2.75, 3.05) is 17.2 Å². The number of rotatable bonds is 2. The number of hydrogen-bond donors (Lipinski definition) is 2. The van der Waals surface area contributed by atoms with E-state index in [1.807, 2.05) is 48.5 Å². The summed E-state index contributed by atoms with van der Waals surface area (Å²) in [7, 11) is 0. The standard InChI is InChI=1S/C28H22ClN3O3/c29-17-13-11-16(12-14-17)23(33)24-27(18-6-1-3-8-20(18)30-25(27)34)22-10-5-15-32(22)28(24)19-7-2-4-9-21(19)31-26(28)35/h1-4,6-9,11-14,22,24H,5,10,15H2,(H,30,34)(H,31,35). The van der Waals surface area contributed by atoms with Crippen molar-refractivity contribution in [1.29, 1.82) is 0 Å². The summed E-state index contributed by atoms with van der Waals surface area (Å²) in [5.74, 6) is -1.63. The van der Waals surface area contributed by atoms with Gasteiger partial charge in [0.15, 0.2) is 5.78 Å². The second-order valence-electron chi connectivity index (χ2n) is 9.79. The monoisotopic (exact) mass is 483 g/mol. The van der Waals surface area contributed by atoms with Gasteiger partial charge in [-0.2, -0.15) is 0 Å². The van der Waals surface area contributed by atoms with E-state index in [1.54, 1.807) is 24.3 Å². The molecule has 0 radical (unpaired) electrons. The van der Waals surface area contributed by atoms with E-state index in [0.29, 0.717) is 28.5 Å². The highest BCUT2D eigenvalue weighted by Gasteiger charge is 2.78. The highest BCUT2D eigenvalue weighted by atomic mass is 35.5. The molecule has 4 aliphatic heterocycles. The van der Waals surface area contributed by atoms with Gasteiger partial charge in [0, 0.05) is 33.6 Å². The number of carbonyl (C=O) groups is 3. The van der Waals surface area contributed by atoms with Crippen LogP contribution in [0.4, 0.5) is 11.4 Å². The number of benzene rings is 3. The molecule has 2 fully saturated rings. The van der Waals surface area contributed by atoms with E-state index < -0.39 is 16.9 Å². The molecule has 0 aromatic heterocycles. The molecule has 3 aromatic carbocycles. The number of para-hydroxylation sites is 2. The number of carbonyl (C=O) groups excluding carboxylic acids is 3. The van der Waals surface area contributed by atoms with Gasteiger partial charge in [-0.25, -0.2) is 0 Å². The third kappa shape index (κ3) is 2.36. The summed E-state index contributed by atoms with van der Waals surface area (Å²) in [6, 6.07) is 21.6. The van der Waals surface area contributed by atoms with E-state index in [1.165, 1.54) is 0 Å². The van der Waals surface area contributed by atoms with Gasteiger partial charge in [-0.15, -0.1) is 0 Å². The minimum atomic E-state index is -1.29. The summed E-state index contributed by atoms with van der Waals surface area (Å²) >= 11 is 6.13. The first kappa shape index (κ1) is 20.9. The van der Waals surface area contributed by atoms with Crippen LogP contribution in [0.5, 0.6) is 0 Å². The first-order valence-corrected chi connectivity index (χ1v) is 12.3. The molecular formula is C28H22ClN3O3. The Balaban J connectivity index is 1.58. The second kappa shape index (κ2) is 7.03. The number of Topliss-reactive ketones (excluding diaryl/α,β-unsaturated/α-hetero) is 1. The van der Waals surface area contributed by atoms with Gasteiger partial charge in [0.2, 0.25) is 11.8 Å². The molecule has 4 atom stereocenters. The van der Waals surface area contributed by atoms with Crippen molar-refractivity contribution in [3.8, 4) is 0 Å². The molecule has 4 heterocycles. The number of hydrogen-bond acceptors (Lipinski definition) is 4. The number of fused-ring (bicyclic) bond motifs is 7. The van der Waals surface area contributed by atoms with Crippen molar-refractivity contribution in [3.63, 3.8) is 0 Å². The maximum atomic E-state index is 14.6. The van der Waals surface area contributed by atoms with Crippen LogP contribution in [-0.4, -0.2) is 35.1 Å². The van der Waals surface area contributed by atoms with Crippen molar-refractivity contribution >= 4 is 40.6 Å². The van der Waals surface area contributed by atoms with Crippen molar-refractivity contribution in [1.82, 2.24) is 4.90 Å². The lowest BCUT2D eigenvalue weighted by Crippen LogP contribution is -2.55. The summed E-state index contributed by atoms with van der Waals surface area (Å²) in [4.78, 5) is 45.0. The van der Waals surface area contributed by atoms with E-state index in [0.717, 1.165) is 24.0 Å². The first-order chi connectivity index (χ1) is 17.0. The fraction of sp³-hybridized carbons (Fsp3) is 0.250. The van der Waals surface area contributed by atoms with E-state index in [9.17, 15) is 14.4 Å². The number of nitrogens with one attached hydrogen (secondary N) is 2. The molecule has 0 aliphatic carbocycles. The van der Waals surface area contributed by atoms with Crippen LogP contribution in [-0.2, 0) is 20.5 Å². The Bertz CT molecular complexity index is 1360. The molecule has 7 rings (SSSR count). The number of anilines is 2. The third-order valence-corrected chi connectivity index (χ3v) is 8.68. The molecule has 4 aliphatic rings. The molecule has 6 nitrogen and oxygen atoms in total. The van der Waals surface area contributed by atoms with Gasteiger partial charge in [-0.05, 0) is 61.3 Å². The Hall–Kier alpha value is -3.48. The summed E-state index contributed by atoms with van der Waals surface area (Å²) in [5.41, 5.74) is 0.917. The predicted octanol–water partition coefficient (Wildman–Crippen LogP) is 4.35. The van der Waals surface area contributed by atoms with Gasteiger partial charge in [0.25, 0.3) is 0 Å². The zero-order chi connectivity index (χ0) is 23.9. The molecule has 2 N–H and O–H groups in total. The zero-order valence-corrected chi connectivity index (χ0v) is 19.5. The van der Waals surface area contributed by atoms with E-state index in [-0.39, 0.29) is 23.6 Å². The first-order valence-electron chi connectivity index (χ1n) is 11.9. The molecule has 7 heteroatoms. The normalized spacial score (nSPS) is 30.3. The van der Waals surface area contributed by atoms with Gasteiger partial charge in [0.1, 0.15) is 11.0 Å². The molecule has 4 unspecified atom stereocenters. The summed E-state index contributed by atoms with van der Waals surface area (Å²) in [6.07, 6.45) is 1.57. The maximum absolute atomic E-state index is 14.6. The Kier molecular flexibility index (Phi) is 4.19. The lowest BCUT2D eigenvalue weighted by Gasteiger charge is -2.38. The second-order valence-corrected chi connectivity index (χ2v) is 10.2. The number of ketones is 1. The van der Waals surface area contributed by atoms with Crippen LogP contribution in [0.1, 0.15) is 34.3 Å². The van der Waals surface area contributed by atoms with Crippen LogP contribution in [0.2, 0.25) is 5.02 Å². The minimum absolute atomic E-state index is 0.211. The van der Waals surface area contributed by atoms with Gasteiger partial charge in [0.05, 0.1) is 5.92 Å². The van der Waals surface area contributed by atoms with Crippen molar-refractivity contribution < 1.29 is 14.4 Å². The average Bonchev–Trinajstić information content (AvgIpc) is 3.58. The molecule has 0 bridgehead atoms. The number of halogens is 1. The van der Waals surface area contributed by atoms with Crippen LogP contribution in [0, 0.1) is 5.92 Å². The van der Waals surface area contributed by atoms with Crippen molar-refractivity contribution in [2.24, 2.45) is 5.92 Å². The Morgan fingerprint density at radius 1 is 0.857 bits per heavy atom. The number of nitrogens with zero attached hydrogens (tertiary/aromatic N) is 1. The van der Waals surface area contributed by atoms with Crippen LogP contribution in [0.15, 0.2) is 72.8 Å². The van der Waals surface area contributed by atoms with Gasteiger partial charge in [-0.3, -0.25) is 19.3 Å². The van der Waals surface area contributed by atoms with E-state index >= 15 is 0 Å². The van der Waals surface area contributed by atoms with Crippen molar-refractivity contribution in [2.45, 2.75) is 29.8 Å². The third-order valence-electron chi connectivity index (χ3n) is 8.42. The molecule has 35 heavy (non-hydrogen) atoms. The fourth-order valence-corrected chi connectivity index (χ4v) is 7.41. The molecule has 2 amide bonds. The van der Waals surface area contributed by atoms with Crippen molar-refractivity contribution in [3.05, 3.63) is 94.5 Å². The maximum Gasteiger partial charge on any atom is 0.250 e. The molecule has 2 saturated heterocycles. The Morgan fingerprint density at radius 2 is 1.49 bits per heavy atom. The van der Waals surface area contributed by atoms with Crippen LogP contribution in [0.3, 0.4) is 0 Å². The molecule has 0 saturated carbocycles. The summed E-state index contributed by atoms with van der Waals surface area (Å²) < 4.78 is 0. The Morgan fingerprint density at radius 3 is 2.23 bits per heavy atom. The molecule has 2 spiro atoms. The van der Waals surface area contributed by atoms with Crippen LogP contribution >= 0.6 is 11.6 Å². The quantitative estimate of drug-likeness (QED) is 0.531. The van der Waals surface area contributed by atoms with Crippen LogP contribution < -0.4 is 10.6 Å². The number of amides is 2. The largest absolute Gasteiger partial charge is 0.325 e. The average molecular weight is 484 g/mol. The highest BCUT2D eigenvalue weighted by molar-refractivity contribution is 6.30. The Labute approximate surface area is 207 Å².